The molecule has 0 saturated heterocycles. The summed E-state index contributed by atoms with van der Waals surface area (Å²) < 4.78 is 53.0. The van der Waals surface area contributed by atoms with Crippen LogP contribution in [0.3, 0.4) is 0 Å². The number of nitrogens with zero attached hydrogens (tertiary/aromatic N) is 1. The van der Waals surface area contributed by atoms with Gasteiger partial charge >= 0.3 is 12.1 Å². The van der Waals surface area contributed by atoms with Crippen LogP contribution in [-0.2, 0) is 25.7 Å². The van der Waals surface area contributed by atoms with Crippen LogP contribution in [0.4, 0.5) is 13.2 Å². The maximum Gasteiger partial charge on any atom is 0.411 e. The summed E-state index contributed by atoms with van der Waals surface area (Å²) in [7, 11) is 1.41. The Balaban J connectivity index is 2.05. The number of allylic oxidation sites excluding steroid dienone is 2. The molecule has 0 N–H and O–H groups in total. The first-order chi connectivity index (χ1) is 15.2. The number of rotatable bonds is 7. The van der Waals surface area contributed by atoms with Gasteiger partial charge in [-0.25, -0.2) is 0 Å². The van der Waals surface area contributed by atoms with Crippen molar-refractivity contribution < 1.29 is 37.0 Å². The lowest BCUT2D eigenvalue weighted by Gasteiger charge is -2.34. The summed E-state index contributed by atoms with van der Waals surface area (Å²) in [6.45, 7) is 1.87. The van der Waals surface area contributed by atoms with Gasteiger partial charge in [0.15, 0.2) is 5.78 Å². The molecule has 1 unspecified atom stereocenters. The van der Waals surface area contributed by atoms with E-state index in [1.54, 1.807) is 32.0 Å². The van der Waals surface area contributed by atoms with Gasteiger partial charge in [-0.3, -0.25) is 14.6 Å². The predicted molar refractivity (Wildman–Crippen MR) is 111 cm³/mol. The van der Waals surface area contributed by atoms with Crippen LogP contribution in [0.1, 0.15) is 50.2 Å². The van der Waals surface area contributed by atoms with Gasteiger partial charge < -0.3 is 14.2 Å². The average molecular weight is 453 g/mol. The van der Waals surface area contributed by atoms with Gasteiger partial charge in [0.05, 0.1) is 20.3 Å². The van der Waals surface area contributed by atoms with E-state index < -0.39 is 30.6 Å². The van der Waals surface area contributed by atoms with Crippen molar-refractivity contribution in [1.29, 1.82) is 0 Å². The minimum atomic E-state index is -4.45. The Labute approximate surface area is 184 Å². The summed E-state index contributed by atoms with van der Waals surface area (Å²) in [5.41, 5.74) is 2.68. The average Bonchev–Trinajstić information content (AvgIpc) is 2.72. The molecule has 1 aliphatic carbocycles. The molecule has 32 heavy (non-hydrogen) atoms. The number of carbonyl (C=O) groups excluding carboxylic acids is 2. The third kappa shape index (κ3) is 5.20. The number of benzene rings is 1. The van der Waals surface area contributed by atoms with Gasteiger partial charge in [0, 0.05) is 34.9 Å². The van der Waals surface area contributed by atoms with E-state index in [0.29, 0.717) is 53.1 Å². The van der Waals surface area contributed by atoms with E-state index in [2.05, 4.69) is 4.99 Å². The van der Waals surface area contributed by atoms with Gasteiger partial charge in [-0.05, 0) is 44.4 Å². The number of halogens is 3. The van der Waals surface area contributed by atoms with Crippen LogP contribution in [0.15, 0.2) is 34.5 Å². The molecule has 0 amide bonds. The lowest BCUT2D eigenvalue weighted by molar-refractivity contribution is -0.176. The number of methoxy groups -OCH3 is 1. The van der Waals surface area contributed by atoms with E-state index in [9.17, 15) is 22.8 Å². The largest absolute Gasteiger partial charge is 0.496 e. The van der Waals surface area contributed by atoms with E-state index >= 15 is 0 Å². The van der Waals surface area contributed by atoms with Crippen LogP contribution in [0.25, 0.3) is 0 Å². The van der Waals surface area contributed by atoms with Crippen molar-refractivity contribution in [2.75, 3.05) is 20.3 Å². The first-order valence-corrected chi connectivity index (χ1v) is 10.5. The quantitative estimate of drug-likeness (QED) is 0.568. The van der Waals surface area contributed by atoms with Crippen molar-refractivity contribution in [3.8, 4) is 5.75 Å². The fourth-order valence-corrected chi connectivity index (χ4v) is 4.29. The first-order valence-electron chi connectivity index (χ1n) is 10.5. The molecular formula is C23H26F3NO5. The number of aliphatic imine (C=N–C) groups is 1. The van der Waals surface area contributed by atoms with Crippen molar-refractivity contribution in [2.45, 2.75) is 51.8 Å². The van der Waals surface area contributed by atoms with Gasteiger partial charge in [-0.1, -0.05) is 6.07 Å². The molecule has 1 aromatic carbocycles. The molecule has 0 fully saturated rings. The van der Waals surface area contributed by atoms with E-state index in [-0.39, 0.29) is 19.0 Å². The molecule has 6 nitrogen and oxygen atoms in total. The number of esters is 1. The molecule has 1 heterocycles. The molecule has 1 aromatic rings. The van der Waals surface area contributed by atoms with Crippen molar-refractivity contribution in [3.63, 3.8) is 0 Å². The molecule has 3 rings (SSSR count). The highest BCUT2D eigenvalue weighted by atomic mass is 19.4. The molecule has 1 aliphatic heterocycles. The van der Waals surface area contributed by atoms with Crippen LogP contribution in [0, 0.1) is 5.92 Å². The Morgan fingerprint density at radius 3 is 2.66 bits per heavy atom. The third-order valence-electron chi connectivity index (χ3n) is 5.56. The summed E-state index contributed by atoms with van der Waals surface area (Å²) in [5.74, 6) is -1.65. The molecular weight excluding hydrogens is 427 g/mol. The highest BCUT2D eigenvalue weighted by Crippen LogP contribution is 2.44. The smallest absolute Gasteiger partial charge is 0.411 e. The second-order valence-corrected chi connectivity index (χ2v) is 7.78. The van der Waals surface area contributed by atoms with Crippen molar-refractivity contribution in [3.05, 3.63) is 40.6 Å². The fourth-order valence-electron chi connectivity index (χ4n) is 4.29. The monoisotopic (exact) mass is 453 g/mol. The van der Waals surface area contributed by atoms with Crippen LogP contribution in [0.2, 0.25) is 0 Å². The molecule has 0 saturated carbocycles. The second kappa shape index (κ2) is 9.85. The molecule has 0 aromatic heterocycles. The Morgan fingerprint density at radius 1 is 1.25 bits per heavy atom. The van der Waals surface area contributed by atoms with Gasteiger partial charge in [-0.2, -0.15) is 13.2 Å². The van der Waals surface area contributed by atoms with E-state index in [0.717, 1.165) is 0 Å². The fraction of sp³-hybridized carbons (Fsp3) is 0.522. The number of hydrogen-bond acceptors (Lipinski definition) is 6. The SMILES string of the molecule is CCOC(=O)C1C(C)=NC2=C(C(=O)CCC2)[C@H]1c1ccc(OC)c(COCC(F)(F)F)c1. The molecule has 9 heteroatoms. The highest BCUT2D eigenvalue weighted by molar-refractivity contribution is 6.08. The van der Waals surface area contributed by atoms with Crippen molar-refractivity contribution in [1.82, 2.24) is 0 Å². The van der Waals surface area contributed by atoms with Crippen LogP contribution >= 0.6 is 0 Å². The summed E-state index contributed by atoms with van der Waals surface area (Å²) >= 11 is 0. The molecule has 0 radical (unpaired) electrons. The zero-order valence-electron chi connectivity index (χ0n) is 18.3. The molecule has 2 atom stereocenters. The predicted octanol–water partition coefficient (Wildman–Crippen LogP) is 4.52. The topological polar surface area (TPSA) is 74.2 Å². The summed E-state index contributed by atoms with van der Waals surface area (Å²) in [6, 6.07) is 4.96. The summed E-state index contributed by atoms with van der Waals surface area (Å²) in [5, 5.41) is 0. The first kappa shape index (κ1) is 24.0. The number of carbonyl (C=O) groups is 2. The van der Waals surface area contributed by atoms with Crippen LogP contribution in [0.5, 0.6) is 5.75 Å². The van der Waals surface area contributed by atoms with E-state index in [1.165, 1.54) is 7.11 Å². The maximum atomic E-state index is 12.9. The Morgan fingerprint density at radius 2 is 2.00 bits per heavy atom. The lowest BCUT2D eigenvalue weighted by atomic mass is 9.71. The lowest BCUT2D eigenvalue weighted by Crippen LogP contribution is -2.37. The van der Waals surface area contributed by atoms with Crippen LogP contribution in [-0.4, -0.2) is 44.0 Å². The molecule has 2 aliphatic rings. The highest BCUT2D eigenvalue weighted by Gasteiger charge is 2.43. The number of alkyl halides is 3. The Bertz CT molecular complexity index is 951. The van der Waals surface area contributed by atoms with Crippen molar-refractivity contribution in [2.24, 2.45) is 10.9 Å². The van der Waals surface area contributed by atoms with Crippen LogP contribution < -0.4 is 4.74 Å². The van der Waals surface area contributed by atoms with Gasteiger partial charge in [0.25, 0.3) is 0 Å². The normalized spacial score (nSPS) is 21.2. The molecule has 0 bridgehead atoms. The van der Waals surface area contributed by atoms with Gasteiger partial charge in [0.1, 0.15) is 18.3 Å². The number of ketones is 1. The van der Waals surface area contributed by atoms with Gasteiger partial charge in [-0.15, -0.1) is 0 Å². The van der Waals surface area contributed by atoms with E-state index in [1.807, 2.05) is 0 Å². The number of hydrogen-bond donors (Lipinski definition) is 0. The number of ether oxygens (including phenoxy) is 3. The van der Waals surface area contributed by atoms with E-state index in [4.69, 9.17) is 14.2 Å². The summed E-state index contributed by atoms with van der Waals surface area (Å²) in [6.07, 6.45) is -2.78. The van der Waals surface area contributed by atoms with Crippen molar-refractivity contribution >= 4 is 17.5 Å². The Hall–Kier alpha value is -2.68. The maximum absolute atomic E-state index is 12.9. The number of Topliss-reactive ketones (excluding diaryl/α,β-unsaturated/α-hetero) is 1. The minimum absolute atomic E-state index is 0.0764. The second-order valence-electron chi connectivity index (χ2n) is 7.78. The minimum Gasteiger partial charge on any atom is -0.496 e. The summed E-state index contributed by atoms with van der Waals surface area (Å²) in [4.78, 5) is 30.3. The zero-order chi connectivity index (χ0) is 23.5. The zero-order valence-corrected chi connectivity index (χ0v) is 18.3. The van der Waals surface area contributed by atoms with Gasteiger partial charge in [0.2, 0.25) is 0 Å². The molecule has 0 spiro atoms. The molecule has 174 valence electrons. The third-order valence-corrected chi connectivity index (χ3v) is 5.56. The standard InChI is InChI=1S/C23H26F3NO5/c1-4-32-22(29)19-13(2)27-16-6-5-7-17(28)21(16)20(19)14-8-9-18(30-3)15(10-14)11-31-12-23(24,25)26/h8-10,19-20H,4-7,11-12H2,1-3H3/t19?,20-/m0/s1. The Kier molecular flexibility index (Phi) is 7.38.